The van der Waals surface area contributed by atoms with E-state index in [1.165, 1.54) is 23.0 Å². The van der Waals surface area contributed by atoms with E-state index in [-0.39, 0.29) is 11.4 Å². The van der Waals surface area contributed by atoms with Crippen molar-refractivity contribution in [3.63, 3.8) is 0 Å². The Labute approximate surface area is 174 Å². The van der Waals surface area contributed by atoms with Gasteiger partial charge < -0.3 is 4.90 Å². The molecule has 0 aromatic heterocycles. The molecule has 1 aromatic carbocycles. The van der Waals surface area contributed by atoms with Gasteiger partial charge in [-0.05, 0) is 95.0 Å². The van der Waals surface area contributed by atoms with Crippen LogP contribution in [0.2, 0.25) is 0 Å². The number of amidine groups is 1. The number of anilines is 1. The number of fused-ring (bicyclic) bond motifs is 1. The van der Waals surface area contributed by atoms with Gasteiger partial charge in [0.05, 0.1) is 4.91 Å². The molecule has 0 radical (unpaired) electrons. The lowest BCUT2D eigenvalue weighted by Gasteiger charge is -2.50. The molecule has 1 saturated heterocycles. The zero-order chi connectivity index (χ0) is 20.6. The van der Waals surface area contributed by atoms with E-state index in [0.29, 0.717) is 25.0 Å². The van der Waals surface area contributed by atoms with Crippen molar-refractivity contribution in [3.05, 3.63) is 34.2 Å². The second-order valence-corrected chi connectivity index (χ2v) is 9.63. The Balaban J connectivity index is 1.99. The van der Waals surface area contributed by atoms with Crippen LogP contribution < -0.4 is 4.90 Å². The van der Waals surface area contributed by atoms with E-state index in [4.69, 9.17) is 0 Å². The summed E-state index contributed by atoms with van der Waals surface area (Å²) in [7, 11) is 0. The third-order valence-electron chi connectivity index (χ3n) is 5.61. The molecule has 2 heterocycles. The van der Waals surface area contributed by atoms with Crippen molar-refractivity contribution in [2.75, 3.05) is 18.0 Å². The Hall–Kier alpha value is -1.75. The molecule has 4 nitrogen and oxygen atoms in total. The van der Waals surface area contributed by atoms with Gasteiger partial charge in [-0.25, -0.2) is 0 Å². The molecule has 28 heavy (non-hydrogen) atoms. The van der Waals surface area contributed by atoms with E-state index >= 15 is 0 Å². The third kappa shape index (κ3) is 3.73. The molecule has 2 aliphatic rings. The molecule has 0 N–H and O–H groups in total. The number of aliphatic imine (C=N–C) groups is 1. The number of thioether (sulfide) groups is 1. The first kappa shape index (κ1) is 21.0. The number of amides is 1. The Morgan fingerprint density at radius 3 is 2.64 bits per heavy atom. The second-order valence-electron chi connectivity index (χ2n) is 8.62. The summed E-state index contributed by atoms with van der Waals surface area (Å²) in [6.45, 7) is 16.9. The first-order valence-corrected chi connectivity index (χ1v) is 11.2. The van der Waals surface area contributed by atoms with Crippen LogP contribution in [0.5, 0.6) is 0 Å². The summed E-state index contributed by atoms with van der Waals surface area (Å²) in [6.07, 6.45) is 3.16. The maximum Gasteiger partial charge on any atom is 0.266 e. The number of likely N-dealkylation sites (N-methyl/N-ethyl adjacent to an activating group) is 1. The molecule has 3 rings (SSSR count). The number of hydrogen-bond acceptors (Lipinski definition) is 4. The average Bonchev–Trinajstić information content (AvgIpc) is 2.89. The molecular weight excluding hydrogens is 366 g/mol. The minimum atomic E-state index is 0.0652. The fraction of sp³-hybridized carbons (Fsp3) is 0.565. The smallest absolute Gasteiger partial charge is 0.266 e. The normalized spacial score (nSPS) is 24.6. The minimum Gasteiger partial charge on any atom is -0.364 e. The van der Waals surface area contributed by atoms with Gasteiger partial charge in [-0.2, -0.15) is 0 Å². The van der Waals surface area contributed by atoms with Gasteiger partial charge in [0, 0.05) is 30.4 Å². The van der Waals surface area contributed by atoms with Gasteiger partial charge in [-0.15, -0.1) is 0 Å². The van der Waals surface area contributed by atoms with Crippen molar-refractivity contribution in [1.29, 1.82) is 0 Å². The quantitative estimate of drug-likeness (QED) is 0.627. The molecule has 1 fully saturated rings. The molecule has 1 amide bonds. The van der Waals surface area contributed by atoms with Crippen LogP contribution >= 0.6 is 11.8 Å². The van der Waals surface area contributed by atoms with Crippen molar-refractivity contribution < 1.29 is 4.79 Å². The summed E-state index contributed by atoms with van der Waals surface area (Å²) in [5.41, 5.74) is 3.95. The van der Waals surface area contributed by atoms with E-state index in [0.717, 1.165) is 22.1 Å². The summed E-state index contributed by atoms with van der Waals surface area (Å²) in [6, 6.07) is 7.11. The molecule has 0 saturated carbocycles. The van der Waals surface area contributed by atoms with E-state index in [2.05, 4.69) is 62.7 Å². The van der Waals surface area contributed by atoms with Crippen LogP contribution in [0, 0.1) is 0 Å². The van der Waals surface area contributed by atoms with Gasteiger partial charge in [-0.1, -0.05) is 13.0 Å². The number of carbonyl (C=O) groups excluding carboxylic acids is 1. The van der Waals surface area contributed by atoms with E-state index in [9.17, 15) is 4.79 Å². The lowest BCUT2D eigenvalue weighted by molar-refractivity contribution is -0.122. The summed E-state index contributed by atoms with van der Waals surface area (Å²) >= 11 is 1.49. The first-order valence-electron chi connectivity index (χ1n) is 10.4. The number of benzene rings is 1. The summed E-state index contributed by atoms with van der Waals surface area (Å²) in [5.74, 6) is 0.560. The van der Waals surface area contributed by atoms with Gasteiger partial charge >= 0.3 is 0 Å². The highest BCUT2D eigenvalue weighted by Crippen LogP contribution is 2.45. The summed E-state index contributed by atoms with van der Waals surface area (Å²) < 4.78 is 0. The van der Waals surface area contributed by atoms with E-state index < -0.39 is 0 Å². The van der Waals surface area contributed by atoms with Crippen LogP contribution in [0.15, 0.2) is 28.1 Å². The van der Waals surface area contributed by atoms with Gasteiger partial charge in [-0.3, -0.25) is 14.7 Å². The molecule has 1 atom stereocenters. The highest BCUT2D eigenvalue weighted by molar-refractivity contribution is 8.18. The Kier molecular flexibility index (Phi) is 5.95. The fourth-order valence-electron chi connectivity index (χ4n) is 4.73. The summed E-state index contributed by atoms with van der Waals surface area (Å²) in [4.78, 5) is 22.3. The molecule has 2 aliphatic heterocycles. The van der Waals surface area contributed by atoms with Crippen LogP contribution in [0.1, 0.15) is 71.9 Å². The molecule has 5 heteroatoms. The van der Waals surface area contributed by atoms with Gasteiger partial charge in [0.2, 0.25) is 0 Å². The van der Waals surface area contributed by atoms with Gasteiger partial charge in [0.15, 0.2) is 5.17 Å². The van der Waals surface area contributed by atoms with Crippen molar-refractivity contribution in [2.45, 2.75) is 72.4 Å². The fourth-order valence-corrected chi connectivity index (χ4v) is 5.83. The van der Waals surface area contributed by atoms with Crippen LogP contribution in [0.25, 0.3) is 6.08 Å². The standard InChI is InChI=1S/C23H33N3OS/c1-8-24-22-25(9-2)21(27)20(28-22)13-17-10-11-19-18(12-17)16(5)14-23(6,7)26(19)15(3)4/h10-13,15-16H,8-9,14H2,1-7H3/b20-13-,24-22?. The lowest BCUT2D eigenvalue weighted by atomic mass is 9.79. The van der Waals surface area contributed by atoms with Crippen LogP contribution in [-0.2, 0) is 4.79 Å². The topological polar surface area (TPSA) is 35.9 Å². The molecule has 0 bridgehead atoms. The zero-order valence-electron chi connectivity index (χ0n) is 18.2. The average molecular weight is 400 g/mol. The van der Waals surface area contributed by atoms with Crippen molar-refractivity contribution in [2.24, 2.45) is 4.99 Å². The van der Waals surface area contributed by atoms with E-state index in [1.54, 1.807) is 4.90 Å². The number of nitrogens with zero attached hydrogens (tertiary/aromatic N) is 3. The van der Waals surface area contributed by atoms with Crippen LogP contribution in [0.3, 0.4) is 0 Å². The first-order chi connectivity index (χ1) is 13.2. The maximum atomic E-state index is 12.8. The predicted molar refractivity (Wildman–Crippen MR) is 122 cm³/mol. The van der Waals surface area contributed by atoms with Crippen molar-refractivity contribution >= 4 is 34.6 Å². The van der Waals surface area contributed by atoms with Gasteiger partial charge in [0.1, 0.15) is 0 Å². The van der Waals surface area contributed by atoms with Gasteiger partial charge in [0.25, 0.3) is 5.91 Å². The molecule has 1 unspecified atom stereocenters. The minimum absolute atomic E-state index is 0.0652. The predicted octanol–water partition coefficient (Wildman–Crippen LogP) is 5.50. The van der Waals surface area contributed by atoms with Crippen molar-refractivity contribution in [1.82, 2.24) is 4.90 Å². The number of carbonyl (C=O) groups is 1. The van der Waals surface area contributed by atoms with Crippen LogP contribution in [-0.4, -0.2) is 40.6 Å². The summed E-state index contributed by atoms with van der Waals surface area (Å²) in [5, 5.41) is 0.820. The number of rotatable bonds is 4. The highest BCUT2D eigenvalue weighted by Gasteiger charge is 2.38. The molecule has 0 aliphatic carbocycles. The molecule has 1 aromatic rings. The molecule has 0 spiro atoms. The highest BCUT2D eigenvalue weighted by atomic mass is 32.2. The maximum absolute atomic E-state index is 12.8. The Morgan fingerprint density at radius 2 is 2.04 bits per heavy atom. The third-order valence-corrected chi connectivity index (χ3v) is 6.66. The van der Waals surface area contributed by atoms with Crippen LogP contribution in [0.4, 0.5) is 5.69 Å². The van der Waals surface area contributed by atoms with E-state index in [1.807, 2.05) is 19.9 Å². The van der Waals surface area contributed by atoms with Crippen molar-refractivity contribution in [3.8, 4) is 0 Å². The Morgan fingerprint density at radius 1 is 1.32 bits per heavy atom. The Bertz CT molecular complexity index is 825. The monoisotopic (exact) mass is 399 g/mol. The largest absolute Gasteiger partial charge is 0.364 e. The SMILES string of the molecule is CCN=C1S/C(=C\c2ccc3c(c2)C(C)CC(C)(C)N3C(C)C)C(=O)N1CC. The zero-order valence-corrected chi connectivity index (χ0v) is 19.1. The molecule has 152 valence electrons. The lowest BCUT2D eigenvalue weighted by Crippen LogP contribution is -2.51. The molecular formula is C23H33N3OS. The second kappa shape index (κ2) is 7.94. The number of hydrogen-bond donors (Lipinski definition) is 0.